The molecule has 2 aliphatic heterocycles. The van der Waals surface area contributed by atoms with Gasteiger partial charge in [-0.15, -0.1) is 0 Å². The van der Waals surface area contributed by atoms with Gasteiger partial charge in [0.15, 0.2) is 0 Å². The van der Waals surface area contributed by atoms with Crippen LogP contribution in [0.25, 0.3) is 6.08 Å². The van der Waals surface area contributed by atoms with Crippen molar-refractivity contribution in [2.24, 2.45) is 0 Å². The van der Waals surface area contributed by atoms with Crippen molar-refractivity contribution in [1.29, 1.82) is 0 Å². The summed E-state index contributed by atoms with van der Waals surface area (Å²) in [7, 11) is 0. The van der Waals surface area contributed by atoms with Crippen molar-refractivity contribution in [2.75, 3.05) is 6.61 Å². The number of hydrogen-bond acceptors (Lipinski definition) is 10. The van der Waals surface area contributed by atoms with Crippen molar-refractivity contribution in [2.45, 2.75) is 82.3 Å². The Bertz CT molecular complexity index is 896. The van der Waals surface area contributed by atoms with E-state index in [4.69, 9.17) is 14.2 Å². The lowest BCUT2D eigenvalue weighted by Gasteiger charge is -2.39. The summed E-state index contributed by atoms with van der Waals surface area (Å²) >= 11 is 0. The molecule has 3 rings (SSSR count). The van der Waals surface area contributed by atoms with Gasteiger partial charge in [-0.1, -0.05) is 12.2 Å². The lowest BCUT2D eigenvalue weighted by molar-refractivity contribution is -0.277. The van der Waals surface area contributed by atoms with Crippen molar-refractivity contribution in [1.82, 2.24) is 0 Å². The second-order valence-corrected chi connectivity index (χ2v) is 8.66. The van der Waals surface area contributed by atoms with E-state index in [0.29, 0.717) is 44.1 Å². The number of phenolic OH excluding ortho intramolecular Hbond substituents is 1. The molecule has 10 heteroatoms. The van der Waals surface area contributed by atoms with Gasteiger partial charge in [0.2, 0.25) is 6.29 Å². The Hall–Kier alpha value is -2.50. The van der Waals surface area contributed by atoms with Gasteiger partial charge in [-0.25, -0.2) is 4.79 Å². The maximum Gasteiger partial charge on any atom is 0.342 e. The van der Waals surface area contributed by atoms with Crippen LogP contribution < -0.4 is 4.74 Å². The fourth-order valence-corrected chi connectivity index (χ4v) is 3.98. The van der Waals surface area contributed by atoms with Crippen molar-refractivity contribution >= 4 is 17.8 Å². The Morgan fingerprint density at radius 2 is 1.79 bits per heavy atom. The van der Waals surface area contributed by atoms with Crippen LogP contribution in [-0.4, -0.2) is 80.7 Å². The highest BCUT2D eigenvalue weighted by molar-refractivity contribution is 5.97. The van der Waals surface area contributed by atoms with E-state index in [0.717, 1.165) is 6.07 Å². The number of ether oxygens (including phenoxy) is 3. The maximum atomic E-state index is 12.8. The van der Waals surface area contributed by atoms with Gasteiger partial charge >= 0.3 is 5.97 Å². The number of Topliss-reactive ketones (excluding diaryl/α,β-unsaturated/α-hetero) is 1. The first-order valence-corrected chi connectivity index (χ1v) is 11.4. The molecule has 10 nitrogen and oxygen atoms in total. The molecule has 0 amide bonds. The number of carbonyl (C=O) groups excluding carboxylic acids is 2. The first kappa shape index (κ1) is 26.1. The molecule has 0 radical (unpaired) electrons. The molecule has 188 valence electrons. The minimum atomic E-state index is -1.63. The zero-order valence-corrected chi connectivity index (χ0v) is 19.0. The van der Waals surface area contributed by atoms with Crippen molar-refractivity contribution in [3.63, 3.8) is 0 Å². The fraction of sp³-hybridized carbons (Fsp3) is 0.583. The van der Waals surface area contributed by atoms with Crippen LogP contribution in [-0.2, 0) is 14.3 Å². The number of aromatic hydroxyl groups is 1. The summed E-state index contributed by atoms with van der Waals surface area (Å²) in [5, 5.41) is 50.1. The van der Waals surface area contributed by atoms with E-state index < -0.39 is 55.1 Å². The number of esters is 1. The number of rotatable bonds is 3. The predicted molar refractivity (Wildman–Crippen MR) is 119 cm³/mol. The van der Waals surface area contributed by atoms with Crippen LogP contribution in [0.3, 0.4) is 0 Å². The molecule has 2 heterocycles. The van der Waals surface area contributed by atoms with Gasteiger partial charge in [-0.05, 0) is 44.2 Å². The first-order chi connectivity index (χ1) is 16.2. The van der Waals surface area contributed by atoms with Crippen molar-refractivity contribution in [3.05, 3.63) is 29.3 Å². The fourth-order valence-electron chi connectivity index (χ4n) is 3.98. The highest BCUT2D eigenvalue weighted by Gasteiger charge is 2.44. The average Bonchev–Trinajstić information content (AvgIpc) is 2.78. The number of aliphatic hydroxyl groups is 4. The van der Waals surface area contributed by atoms with E-state index in [9.17, 15) is 35.1 Å². The Labute approximate surface area is 197 Å². The molecular weight excluding hydrogens is 448 g/mol. The van der Waals surface area contributed by atoms with E-state index in [-0.39, 0.29) is 17.1 Å². The number of benzene rings is 1. The monoisotopic (exact) mass is 480 g/mol. The molecular formula is C24H32O10. The number of carbonyl (C=O) groups is 2. The zero-order chi connectivity index (χ0) is 24.8. The van der Waals surface area contributed by atoms with Gasteiger partial charge in [0, 0.05) is 18.9 Å². The van der Waals surface area contributed by atoms with Crippen LogP contribution in [0.2, 0.25) is 0 Å². The van der Waals surface area contributed by atoms with Crippen LogP contribution in [0, 0.1) is 0 Å². The number of allylic oxidation sites excluding steroid dienone is 1. The average molecular weight is 481 g/mol. The number of phenols is 1. The molecule has 1 saturated heterocycles. The predicted octanol–water partition coefficient (Wildman–Crippen LogP) is 1.05. The van der Waals surface area contributed by atoms with Gasteiger partial charge in [0.25, 0.3) is 0 Å². The SMILES string of the molecule is CC1CCCC(=O)CCC/C=C/c2cc(OC3OC(CO)C(O)C(O)C3O)cc(O)c2C(=O)O1. The molecule has 1 aromatic rings. The molecule has 5 N–H and O–H groups in total. The minimum Gasteiger partial charge on any atom is -0.507 e. The molecule has 6 atom stereocenters. The summed E-state index contributed by atoms with van der Waals surface area (Å²) in [5.74, 6) is -0.965. The second kappa shape index (κ2) is 11.8. The van der Waals surface area contributed by atoms with Gasteiger partial charge in [-0.3, -0.25) is 4.79 Å². The van der Waals surface area contributed by atoms with Gasteiger partial charge in [0.1, 0.15) is 47.3 Å². The third-order valence-electron chi connectivity index (χ3n) is 5.92. The smallest absolute Gasteiger partial charge is 0.342 e. The number of aliphatic hydroxyl groups excluding tert-OH is 4. The number of cyclic esters (lactones) is 1. The molecule has 1 aromatic carbocycles. The molecule has 2 aliphatic rings. The summed E-state index contributed by atoms with van der Waals surface area (Å²) in [6, 6.07) is 2.60. The van der Waals surface area contributed by atoms with Gasteiger partial charge < -0.3 is 39.7 Å². The zero-order valence-electron chi connectivity index (χ0n) is 19.0. The van der Waals surface area contributed by atoms with Gasteiger partial charge in [-0.2, -0.15) is 0 Å². The van der Waals surface area contributed by atoms with Crippen LogP contribution in [0.15, 0.2) is 18.2 Å². The summed E-state index contributed by atoms with van der Waals surface area (Å²) in [6.45, 7) is 1.10. The lowest BCUT2D eigenvalue weighted by Crippen LogP contribution is -2.60. The molecule has 34 heavy (non-hydrogen) atoms. The summed E-state index contributed by atoms with van der Waals surface area (Å²) in [5.41, 5.74) is 0.234. The van der Waals surface area contributed by atoms with Gasteiger partial charge in [0.05, 0.1) is 12.7 Å². The van der Waals surface area contributed by atoms with Crippen LogP contribution in [0.5, 0.6) is 11.5 Å². The Kier molecular flexibility index (Phi) is 9.03. The Morgan fingerprint density at radius 3 is 2.53 bits per heavy atom. The molecule has 0 bridgehead atoms. The normalized spacial score (nSPS) is 32.3. The van der Waals surface area contributed by atoms with E-state index in [1.165, 1.54) is 6.07 Å². The van der Waals surface area contributed by atoms with Crippen LogP contribution in [0.4, 0.5) is 0 Å². The summed E-state index contributed by atoms with van der Waals surface area (Å²) in [4.78, 5) is 24.8. The summed E-state index contributed by atoms with van der Waals surface area (Å²) < 4.78 is 16.4. The maximum absolute atomic E-state index is 12.8. The van der Waals surface area contributed by atoms with Crippen LogP contribution in [0.1, 0.15) is 61.4 Å². The van der Waals surface area contributed by atoms with Crippen molar-refractivity contribution < 1.29 is 49.3 Å². The number of fused-ring (bicyclic) bond motifs is 1. The van der Waals surface area contributed by atoms with E-state index in [2.05, 4.69) is 0 Å². The van der Waals surface area contributed by atoms with E-state index >= 15 is 0 Å². The second-order valence-electron chi connectivity index (χ2n) is 8.66. The Morgan fingerprint density at radius 1 is 1.06 bits per heavy atom. The quantitative estimate of drug-likeness (QED) is 0.395. The topological polar surface area (TPSA) is 163 Å². The first-order valence-electron chi connectivity index (χ1n) is 11.4. The number of hydrogen-bond donors (Lipinski definition) is 5. The highest BCUT2D eigenvalue weighted by Crippen LogP contribution is 2.33. The molecule has 0 aromatic heterocycles. The molecule has 0 aliphatic carbocycles. The minimum absolute atomic E-state index is 0.0161. The molecule has 0 spiro atoms. The Balaban J connectivity index is 1.88. The van der Waals surface area contributed by atoms with Crippen LogP contribution >= 0.6 is 0 Å². The summed E-state index contributed by atoms with van der Waals surface area (Å²) in [6.07, 6.45) is -1.24. The molecule has 0 saturated carbocycles. The third-order valence-corrected chi connectivity index (χ3v) is 5.92. The largest absolute Gasteiger partial charge is 0.507 e. The van der Waals surface area contributed by atoms with E-state index in [1.807, 2.05) is 0 Å². The lowest BCUT2D eigenvalue weighted by atomic mass is 9.99. The molecule has 1 fully saturated rings. The molecule has 6 unspecified atom stereocenters. The highest BCUT2D eigenvalue weighted by atomic mass is 16.7. The number of ketones is 1. The van der Waals surface area contributed by atoms with Crippen molar-refractivity contribution in [3.8, 4) is 11.5 Å². The standard InChI is InChI=1S/C24H32O10/c1-13-6-5-9-15(26)8-4-2-3-7-14-10-16(11-17(27)19(14)23(31)32-13)33-24-22(30)21(29)20(28)18(12-25)34-24/h3,7,10-11,13,18,20-22,24-25,27-30H,2,4-6,8-9,12H2,1H3/b7-3+. The van der Waals surface area contributed by atoms with E-state index in [1.54, 1.807) is 19.1 Å². The third kappa shape index (κ3) is 6.34.